The largest absolute Gasteiger partial charge is 0.497 e. The fourth-order valence-electron chi connectivity index (χ4n) is 1.82. The molecule has 0 amide bonds. The first-order valence-electron chi connectivity index (χ1n) is 6.81. The van der Waals surface area contributed by atoms with Gasteiger partial charge in [-0.3, -0.25) is 14.3 Å². The molecule has 2 aromatic rings. The molecule has 0 aliphatic carbocycles. The number of hydrazone groups is 1. The van der Waals surface area contributed by atoms with Crippen LogP contribution in [0.25, 0.3) is 0 Å². The topological polar surface area (TPSA) is 79.7 Å². The molecule has 0 unspecified atom stereocenters. The summed E-state index contributed by atoms with van der Waals surface area (Å²) in [6.45, 7) is 2.39. The summed E-state index contributed by atoms with van der Waals surface area (Å²) in [4.78, 5) is 25.9. The summed E-state index contributed by atoms with van der Waals surface area (Å²) in [6, 6.07) is 8.73. The van der Waals surface area contributed by atoms with E-state index in [1.54, 1.807) is 18.3 Å². The van der Waals surface area contributed by atoms with Crippen LogP contribution in [0.1, 0.15) is 12.5 Å². The highest BCUT2D eigenvalue weighted by Gasteiger charge is 2.06. The maximum absolute atomic E-state index is 11.7. The molecule has 0 aliphatic heterocycles. The highest BCUT2D eigenvalue weighted by molar-refractivity contribution is 5.80. The SMILES string of the molecule is CCN(/N=C\c1ccc(OC)cc1)c1cc(=O)n(C)c(=O)[nH]1. The zero-order valence-corrected chi connectivity index (χ0v) is 12.7. The third-order valence-corrected chi connectivity index (χ3v) is 3.17. The summed E-state index contributed by atoms with van der Waals surface area (Å²) in [5.74, 6) is 1.13. The molecule has 7 heteroatoms. The van der Waals surface area contributed by atoms with E-state index in [9.17, 15) is 9.59 Å². The summed E-state index contributed by atoms with van der Waals surface area (Å²) in [5.41, 5.74) is 0.0304. The van der Waals surface area contributed by atoms with E-state index in [0.717, 1.165) is 15.9 Å². The minimum absolute atomic E-state index is 0.361. The maximum Gasteiger partial charge on any atom is 0.329 e. The molecule has 1 aromatic carbocycles. The third kappa shape index (κ3) is 3.43. The zero-order valence-electron chi connectivity index (χ0n) is 12.7. The van der Waals surface area contributed by atoms with Crippen LogP contribution in [0.3, 0.4) is 0 Å². The smallest absolute Gasteiger partial charge is 0.329 e. The molecular formula is C15H18N4O3. The molecule has 0 spiro atoms. The van der Waals surface area contributed by atoms with Crippen molar-refractivity contribution in [2.45, 2.75) is 6.92 Å². The first-order chi connectivity index (χ1) is 10.5. The van der Waals surface area contributed by atoms with Crippen molar-refractivity contribution in [1.82, 2.24) is 9.55 Å². The lowest BCUT2D eigenvalue weighted by Gasteiger charge is -2.16. The number of methoxy groups -OCH3 is 1. The number of hydrogen-bond acceptors (Lipinski definition) is 5. The van der Waals surface area contributed by atoms with Gasteiger partial charge in [-0.2, -0.15) is 5.10 Å². The number of ether oxygens (including phenoxy) is 1. The van der Waals surface area contributed by atoms with Gasteiger partial charge in [0.2, 0.25) is 0 Å². The molecule has 0 saturated heterocycles. The van der Waals surface area contributed by atoms with E-state index in [0.29, 0.717) is 12.4 Å². The van der Waals surface area contributed by atoms with Crippen molar-refractivity contribution in [2.24, 2.45) is 12.1 Å². The van der Waals surface area contributed by atoms with Gasteiger partial charge in [-0.15, -0.1) is 0 Å². The van der Waals surface area contributed by atoms with Crippen LogP contribution >= 0.6 is 0 Å². The summed E-state index contributed by atoms with van der Waals surface area (Å²) in [5, 5.41) is 5.85. The van der Waals surface area contributed by atoms with E-state index in [4.69, 9.17) is 4.74 Å². The van der Waals surface area contributed by atoms with Gasteiger partial charge in [0.05, 0.1) is 13.3 Å². The van der Waals surface area contributed by atoms with Gasteiger partial charge in [0, 0.05) is 19.7 Å². The monoisotopic (exact) mass is 302 g/mol. The normalized spacial score (nSPS) is 10.9. The number of nitrogens with zero attached hydrogens (tertiary/aromatic N) is 3. The van der Waals surface area contributed by atoms with Gasteiger partial charge >= 0.3 is 5.69 Å². The summed E-state index contributed by atoms with van der Waals surface area (Å²) in [6.07, 6.45) is 1.65. The Balaban J connectivity index is 2.26. The van der Waals surface area contributed by atoms with Crippen LogP contribution in [-0.4, -0.2) is 29.4 Å². The average Bonchev–Trinajstić information content (AvgIpc) is 2.53. The molecule has 116 valence electrons. The fourth-order valence-corrected chi connectivity index (χ4v) is 1.82. The third-order valence-electron chi connectivity index (χ3n) is 3.17. The standard InChI is InChI=1S/C15H18N4O3/c1-4-19(13-9-14(20)18(2)15(21)17-13)16-10-11-5-7-12(22-3)8-6-11/h5-10H,4H2,1-3H3,(H,17,21)/b16-10-. The average molecular weight is 302 g/mol. The van der Waals surface area contributed by atoms with Gasteiger partial charge in [-0.1, -0.05) is 0 Å². The van der Waals surface area contributed by atoms with Gasteiger partial charge in [-0.05, 0) is 36.8 Å². The number of aromatic nitrogens is 2. The van der Waals surface area contributed by atoms with Gasteiger partial charge in [-0.25, -0.2) is 9.80 Å². The Hall–Kier alpha value is -2.83. The minimum atomic E-state index is -0.472. The number of H-pyrrole nitrogens is 1. The van der Waals surface area contributed by atoms with Crippen molar-refractivity contribution >= 4 is 12.0 Å². The van der Waals surface area contributed by atoms with Gasteiger partial charge < -0.3 is 4.74 Å². The Morgan fingerprint density at radius 3 is 2.55 bits per heavy atom. The molecule has 1 N–H and O–H groups in total. The van der Waals surface area contributed by atoms with Gasteiger partial charge in [0.15, 0.2) is 0 Å². The van der Waals surface area contributed by atoms with Crippen molar-refractivity contribution in [3.05, 3.63) is 56.7 Å². The first kappa shape index (κ1) is 15.6. The fraction of sp³-hybridized carbons (Fsp3) is 0.267. The first-order valence-corrected chi connectivity index (χ1v) is 6.81. The highest BCUT2D eigenvalue weighted by Crippen LogP contribution is 2.11. The van der Waals surface area contributed by atoms with Gasteiger partial charge in [0.25, 0.3) is 5.56 Å². The Labute approximate surface area is 127 Å². The number of anilines is 1. The molecule has 0 bridgehead atoms. The highest BCUT2D eigenvalue weighted by atomic mass is 16.5. The van der Waals surface area contributed by atoms with E-state index < -0.39 is 5.69 Å². The lowest BCUT2D eigenvalue weighted by Crippen LogP contribution is -2.34. The van der Waals surface area contributed by atoms with Crippen LogP contribution in [-0.2, 0) is 7.05 Å². The van der Waals surface area contributed by atoms with Crippen molar-refractivity contribution in [1.29, 1.82) is 0 Å². The summed E-state index contributed by atoms with van der Waals surface area (Å²) < 4.78 is 6.10. The van der Waals surface area contributed by atoms with Crippen molar-refractivity contribution in [3.63, 3.8) is 0 Å². The van der Waals surface area contributed by atoms with Crippen LogP contribution in [0.2, 0.25) is 0 Å². The van der Waals surface area contributed by atoms with Crippen molar-refractivity contribution in [2.75, 3.05) is 18.7 Å². The molecule has 0 radical (unpaired) electrons. The number of aromatic amines is 1. The van der Waals surface area contributed by atoms with E-state index in [2.05, 4.69) is 10.1 Å². The van der Waals surface area contributed by atoms with Crippen LogP contribution in [0.5, 0.6) is 5.75 Å². The molecule has 1 aromatic heterocycles. The van der Waals surface area contributed by atoms with Gasteiger partial charge in [0.1, 0.15) is 11.6 Å². The lowest BCUT2D eigenvalue weighted by molar-refractivity contribution is 0.415. The van der Waals surface area contributed by atoms with E-state index in [1.165, 1.54) is 13.1 Å². The molecule has 1 heterocycles. The molecule has 2 rings (SSSR count). The molecule has 0 aliphatic rings. The Morgan fingerprint density at radius 1 is 1.32 bits per heavy atom. The second-order valence-electron chi connectivity index (χ2n) is 4.59. The van der Waals surface area contributed by atoms with Crippen molar-refractivity contribution < 1.29 is 4.74 Å². The predicted octanol–water partition coefficient (Wildman–Crippen LogP) is 0.943. The van der Waals surface area contributed by atoms with Crippen LogP contribution < -0.4 is 21.0 Å². The minimum Gasteiger partial charge on any atom is -0.497 e. The number of benzene rings is 1. The summed E-state index contributed by atoms with van der Waals surface area (Å²) in [7, 11) is 3.02. The Morgan fingerprint density at radius 2 is 2.00 bits per heavy atom. The van der Waals surface area contributed by atoms with E-state index >= 15 is 0 Å². The Kier molecular flexibility index (Phi) is 4.77. The molecule has 7 nitrogen and oxygen atoms in total. The molecular weight excluding hydrogens is 284 g/mol. The van der Waals surface area contributed by atoms with E-state index in [-0.39, 0.29) is 5.56 Å². The molecule has 0 fully saturated rings. The predicted molar refractivity (Wildman–Crippen MR) is 85.9 cm³/mol. The molecule has 0 saturated carbocycles. The quantitative estimate of drug-likeness (QED) is 0.658. The van der Waals surface area contributed by atoms with E-state index in [1.807, 2.05) is 31.2 Å². The van der Waals surface area contributed by atoms with Crippen LogP contribution in [0.4, 0.5) is 5.82 Å². The second-order valence-corrected chi connectivity index (χ2v) is 4.59. The lowest BCUT2D eigenvalue weighted by atomic mass is 10.2. The number of hydrogen-bond donors (Lipinski definition) is 1. The maximum atomic E-state index is 11.7. The Bertz CT molecular complexity index is 743. The molecule has 0 atom stereocenters. The van der Waals surface area contributed by atoms with Crippen LogP contribution in [0, 0.1) is 0 Å². The molecule has 22 heavy (non-hydrogen) atoms. The number of nitrogens with one attached hydrogen (secondary N) is 1. The zero-order chi connectivity index (χ0) is 16.1. The van der Waals surface area contributed by atoms with Crippen molar-refractivity contribution in [3.8, 4) is 5.75 Å². The number of rotatable bonds is 5. The second kappa shape index (κ2) is 6.75. The van der Waals surface area contributed by atoms with Crippen LogP contribution in [0.15, 0.2) is 45.0 Å². The summed E-state index contributed by atoms with van der Waals surface area (Å²) >= 11 is 0.